The third-order valence-electron chi connectivity index (χ3n) is 4.23. The molecule has 2 amide bonds. The highest BCUT2D eigenvalue weighted by molar-refractivity contribution is 14.0. The lowest BCUT2D eigenvalue weighted by molar-refractivity contribution is -0.128. The van der Waals surface area contributed by atoms with Crippen LogP contribution in [0.2, 0.25) is 0 Å². The van der Waals surface area contributed by atoms with E-state index in [0.717, 1.165) is 18.5 Å². The minimum atomic E-state index is -0.574. The highest BCUT2D eigenvalue weighted by Crippen LogP contribution is 2.15. The lowest BCUT2D eigenvalue weighted by Gasteiger charge is -2.22. The van der Waals surface area contributed by atoms with E-state index in [1.165, 1.54) is 0 Å². The number of aliphatic imine (C=N–C) groups is 1. The van der Waals surface area contributed by atoms with E-state index in [9.17, 15) is 9.59 Å². The molecular formula is C23H40IN5O3. The maximum Gasteiger partial charge on any atom is 0.412 e. The van der Waals surface area contributed by atoms with Gasteiger partial charge in [-0.2, -0.15) is 0 Å². The number of hydrogen-bond donors (Lipinski definition) is 4. The van der Waals surface area contributed by atoms with Crippen molar-refractivity contribution in [1.82, 2.24) is 16.0 Å². The molecule has 0 fully saturated rings. The molecule has 0 heterocycles. The maximum atomic E-state index is 12.1. The smallest absolute Gasteiger partial charge is 0.412 e. The number of hydrogen-bond acceptors (Lipinski definition) is 4. The Hall–Kier alpha value is -2.04. The number of carbonyl (C=O) groups is 2. The second-order valence-corrected chi connectivity index (χ2v) is 8.94. The van der Waals surface area contributed by atoms with Crippen molar-refractivity contribution in [2.24, 2.45) is 10.4 Å². The van der Waals surface area contributed by atoms with Gasteiger partial charge in [-0.25, -0.2) is 4.79 Å². The predicted molar refractivity (Wildman–Crippen MR) is 142 cm³/mol. The van der Waals surface area contributed by atoms with Crippen molar-refractivity contribution in [3.8, 4) is 0 Å². The molecule has 0 atom stereocenters. The van der Waals surface area contributed by atoms with E-state index >= 15 is 0 Å². The summed E-state index contributed by atoms with van der Waals surface area (Å²) in [7, 11) is 0. The van der Waals surface area contributed by atoms with Crippen LogP contribution in [0, 0.1) is 5.41 Å². The first-order valence-electron chi connectivity index (χ1n) is 10.9. The molecule has 1 aromatic carbocycles. The zero-order valence-electron chi connectivity index (χ0n) is 20.4. The predicted octanol–water partition coefficient (Wildman–Crippen LogP) is 3.91. The standard InChI is InChI=1S/C23H39N5O3.HI/c1-8-24-19(29)23(6,7)16-27-20(25-9-2)26-15-14-17-10-12-18(13-11-17)28-21(30)31-22(3,4)5;/h10-13H,8-9,14-16H2,1-7H3,(H,24,29)(H,28,30)(H2,25,26,27);1H. The van der Waals surface area contributed by atoms with Crippen molar-refractivity contribution < 1.29 is 14.3 Å². The molecule has 1 rings (SSSR count). The zero-order chi connectivity index (χ0) is 23.5. The summed E-state index contributed by atoms with van der Waals surface area (Å²) < 4.78 is 5.26. The summed E-state index contributed by atoms with van der Waals surface area (Å²) >= 11 is 0. The molecule has 0 saturated carbocycles. The molecule has 0 aliphatic carbocycles. The molecule has 0 bridgehead atoms. The van der Waals surface area contributed by atoms with Crippen LogP contribution >= 0.6 is 24.0 Å². The monoisotopic (exact) mass is 561 g/mol. The van der Waals surface area contributed by atoms with E-state index in [1.54, 1.807) is 0 Å². The summed E-state index contributed by atoms with van der Waals surface area (Å²) in [4.78, 5) is 28.6. The Morgan fingerprint density at radius 1 is 0.938 bits per heavy atom. The number of benzene rings is 1. The molecule has 9 heteroatoms. The summed E-state index contributed by atoms with van der Waals surface area (Å²) in [5.74, 6) is 0.678. The topological polar surface area (TPSA) is 104 Å². The fourth-order valence-electron chi connectivity index (χ4n) is 2.59. The zero-order valence-corrected chi connectivity index (χ0v) is 22.8. The average Bonchev–Trinajstić information content (AvgIpc) is 2.66. The number of nitrogens with zero attached hydrogens (tertiary/aromatic N) is 1. The van der Waals surface area contributed by atoms with Gasteiger partial charge in [0.2, 0.25) is 5.91 Å². The van der Waals surface area contributed by atoms with Gasteiger partial charge in [-0.15, -0.1) is 24.0 Å². The van der Waals surface area contributed by atoms with E-state index in [2.05, 4.69) is 26.3 Å². The number of carbonyl (C=O) groups excluding carboxylic acids is 2. The van der Waals surface area contributed by atoms with Gasteiger partial charge in [0.25, 0.3) is 0 Å². The average molecular weight is 562 g/mol. The third kappa shape index (κ3) is 12.1. The van der Waals surface area contributed by atoms with E-state index in [0.29, 0.717) is 31.3 Å². The van der Waals surface area contributed by atoms with Gasteiger partial charge in [0.05, 0.1) is 12.0 Å². The second kappa shape index (κ2) is 14.2. The van der Waals surface area contributed by atoms with Crippen LogP contribution in [0.25, 0.3) is 0 Å². The lowest BCUT2D eigenvalue weighted by atomic mass is 9.92. The summed E-state index contributed by atoms with van der Waals surface area (Å²) in [5, 5.41) is 12.1. The molecule has 4 N–H and O–H groups in total. The number of halogens is 1. The van der Waals surface area contributed by atoms with Gasteiger partial charge < -0.3 is 20.7 Å². The van der Waals surface area contributed by atoms with Crippen molar-refractivity contribution in [3.63, 3.8) is 0 Å². The second-order valence-electron chi connectivity index (χ2n) is 8.94. The van der Waals surface area contributed by atoms with Crippen molar-refractivity contribution in [1.29, 1.82) is 0 Å². The van der Waals surface area contributed by atoms with Gasteiger partial charge in [0, 0.05) is 25.3 Å². The van der Waals surface area contributed by atoms with Crippen molar-refractivity contribution in [3.05, 3.63) is 29.8 Å². The molecule has 0 radical (unpaired) electrons. The number of guanidine groups is 1. The first-order valence-corrected chi connectivity index (χ1v) is 10.9. The third-order valence-corrected chi connectivity index (χ3v) is 4.23. The maximum absolute atomic E-state index is 12.1. The van der Waals surface area contributed by atoms with Crippen LogP contribution in [0.1, 0.15) is 54.0 Å². The molecule has 0 saturated heterocycles. The Morgan fingerprint density at radius 3 is 2.06 bits per heavy atom. The van der Waals surface area contributed by atoms with Crippen LogP contribution < -0.4 is 21.3 Å². The number of amides is 2. The Labute approximate surface area is 209 Å². The van der Waals surface area contributed by atoms with Gasteiger partial charge in [-0.05, 0) is 72.6 Å². The largest absolute Gasteiger partial charge is 0.444 e. The molecular weight excluding hydrogens is 521 g/mol. The number of anilines is 1. The summed E-state index contributed by atoms with van der Waals surface area (Å²) in [6.45, 7) is 15.6. The van der Waals surface area contributed by atoms with E-state index in [4.69, 9.17) is 4.74 Å². The fourth-order valence-corrected chi connectivity index (χ4v) is 2.59. The first kappa shape index (κ1) is 30.0. The molecule has 0 aliphatic heterocycles. The molecule has 8 nitrogen and oxygen atoms in total. The summed E-state index contributed by atoms with van der Waals surface area (Å²) in [6, 6.07) is 7.65. The lowest BCUT2D eigenvalue weighted by Crippen LogP contribution is -2.42. The van der Waals surface area contributed by atoms with Crippen molar-refractivity contribution in [2.45, 2.75) is 60.5 Å². The van der Waals surface area contributed by atoms with Crippen LogP contribution in [-0.4, -0.2) is 49.7 Å². The number of rotatable bonds is 9. The van der Waals surface area contributed by atoms with E-state index in [1.807, 2.05) is 72.7 Å². The van der Waals surface area contributed by atoms with Crippen LogP contribution in [-0.2, 0) is 16.0 Å². The van der Waals surface area contributed by atoms with Crippen LogP contribution in [0.5, 0.6) is 0 Å². The highest BCUT2D eigenvalue weighted by Gasteiger charge is 2.26. The Balaban J connectivity index is 0.00000961. The van der Waals surface area contributed by atoms with Gasteiger partial charge >= 0.3 is 6.09 Å². The fraction of sp³-hybridized carbons (Fsp3) is 0.609. The molecule has 0 aliphatic rings. The van der Waals surface area contributed by atoms with Gasteiger partial charge in [-0.3, -0.25) is 15.1 Å². The first-order chi connectivity index (χ1) is 14.5. The van der Waals surface area contributed by atoms with Crippen molar-refractivity contribution >= 4 is 47.6 Å². The van der Waals surface area contributed by atoms with Gasteiger partial charge in [0.15, 0.2) is 5.96 Å². The van der Waals surface area contributed by atoms with E-state index < -0.39 is 17.1 Å². The van der Waals surface area contributed by atoms with E-state index in [-0.39, 0.29) is 29.9 Å². The Kier molecular flexibility index (Phi) is 13.3. The minimum Gasteiger partial charge on any atom is -0.444 e. The summed E-state index contributed by atoms with van der Waals surface area (Å²) in [5.41, 5.74) is 0.709. The van der Waals surface area contributed by atoms with Crippen LogP contribution in [0.3, 0.4) is 0 Å². The molecule has 1 aromatic rings. The van der Waals surface area contributed by atoms with Crippen LogP contribution in [0.15, 0.2) is 29.3 Å². The quantitative estimate of drug-likeness (QED) is 0.208. The van der Waals surface area contributed by atoms with Crippen molar-refractivity contribution in [2.75, 3.05) is 31.5 Å². The van der Waals surface area contributed by atoms with Crippen LogP contribution in [0.4, 0.5) is 10.5 Å². The van der Waals surface area contributed by atoms with Gasteiger partial charge in [0.1, 0.15) is 5.60 Å². The molecule has 0 aromatic heterocycles. The minimum absolute atomic E-state index is 0. The highest BCUT2D eigenvalue weighted by atomic mass is 127. The molecule has 32 heavy (non-hydrogen) atoms. The molecule has 0 spiro atoms. The molecule has 182 valence electrons. The van der Waals surface area contributed by atoms with Gasteiger partial charge in [-0.1, -0.05) is 12.1 Å². The Bertz CT molecular complexity index is 743. The number of nitrogens with one attached hydrogen (secondary N) is 4. The summed E-state index contributed by atoms with van der Waals surface area (Å²) in [6.07, 6.45) is 0.320. The molecule has 0 unspecified atom stereocenters. The number of ether oxygens (including phenoxy) is 1. The normalized spacial score (nSPS) is 11.8. The Morgan fingerprint density at radius 2 is 1.53 bits per heavy atom. The SMILES string of the molecule is CCNC(=O)C(C)(C)CN=C(NCC)NCCc1ccc(NC(=O)OC(C)(C)C)cc1.I.